The molecule has 0 saturated carbocycles. The predicted octanol–water partition coefficient (Wildman–Crippen LogP) is 10.3. The van der Waals surface area contributed by atoms with E-state index in [1.165, 1.54) is 0 Å². The fourth-order valence-corrected chi connectivity index (χ4v) is 5.63. The van der Waals surface area contributed by atoms with E-state index in [2.05, 4.69) is 15.9 Å². The van der Waals surface area contributed by atoms with Crippen molar-refractivity contribution in [3.8, 4) is 0 Å². The Morgan fingerprint density at radius 1 is 0.600 bits per heavy atom. The van der Waals surface area contributed by atoms with Crippen LogP contribution in [0.5, 0.6) is 0 Å². The molecular weight excluding hydrogens is 877 g/mol. The minimum atomic E-state index is -6.91. The van der Waals surface area contributed by atoms with Gasteiger partial charge in [-0.05, 0) is 85.2 Å². The molecule has 25 heteroatoms. The minimum Gasteiger partial charge on any atom is -0.218 e. The van der Waals surface area contributed by atoms with Crippen LogP contribution in [0, 0.1) is 0 Å². The van der Waals surface area contributed by atoms with E-state index in [-0.39, 0.29) is 5.56 Å². The SMILES string of the molecule is O=S(=O)(F)C(F)(F)C(F)(F)Sc1ccc(C(F)(Br)C(F)(F)Br)cc1.O=S(=O)(F)C(F)(F)C(F)(F)Sc1ccc(C=C(F)F)cc1. The maximum atomic E-state index is 13.9. The molecule has 2 aromatic carbocycles. The molecule has 4 nitrogen and oxygen atoms in total. The van der Waals surface area contributed by atoms with Crippen molar-refractivity contribution in [1.29, 1.82) is 0 Å². The highest BCUT2D eigenvalue weighted by molar-refractivity contribution is 9.12. The first kappa shape index (κ1) is 41.7. The van der Waals surface area contributed by atoms with E-state index in [0.717, 1.165) is 24.3 Å². The summed E-state index contributed by atoms with van der Waals surface area (Å²) >= 11 is 1.91. The van der Waals surface area contributed by atoms with E-state index < -0.39 is 95.8 Å². The van der Waals surface area contributed by atoms with Gasteiger partial charge in [0.05, 0.1) is 0 Å². The summed E-state index contributed by atoms with van der Waals surface area (Å²) in [6, 6.07) is 5.67. The normalized spacial score (nSPS) is 15.0. The van der Waals surface area contributed by atoms with Gasteiger partial charge in [-0.15, -0.1) is 0 Å². The van der Waals surface area contributed by atoms with E-state index in [0.29, 0.717) is 30.3 Å². The van der Waals surface area contributed by atoms with E-state index in [9.17, 15) is 81.7 Å². The largest absolute Gasteiger partial charge is 0.446 e. The average Bonchev–Trinajstić information content (AvgIpc) is 2.83. The highest BCUT2D eigenvalue weighted by Gasteiger charge is 2.68. The molecule has 0 aliphatic carbocycles. The van der Waals surface area contributed by atoms with E-state index in [1.807, 2.05) is 0 Å². The Labute approximate surface area is 268 Å². The highest BCUT2D eigenvalue weighted by atomic mass is 79.9. The van der Waals surface area contributed by atoms with Crippen LogP contribution in [0.1, 0.15) is 11.1 Å². The van der Waals surface area contributed by atoms with Gasteiger partial charge in [-0.2, -0.15) is 69.5 Å². The van der Waals surface area contributed by atoms with Crippen LogP contribution in [0.2, 0.25) is 0 Å². The lowest BCUT2D eigenvalue weighted by atomic mass is 10.1. The number of thioether (sulfide) groups is 2. The molecule has 0 fully saturated rings. The van der Waals surface area contributed by atoms with E-state index >= 15 is 0 Å². The lowest BCUT2D eigenvalue weighted by molar-refractivity contribution is -0.0928. The molecule has 1 atom stereocenters. The van der Waals surface area contributed by atoms with Crippen molar-refractivity contribution in [2.45, 2.75) is 40.2 Å². The lowest BCUT2D eigenvalue weighted by Crippen LogP contribution is -2.42. The van der Waals surface area contributed by atoms with Crippen LogP contribution < -0.4 is 0 Å². The van der Waals surface area contributed by atoms with Crippen molar-refractivity contribution in [3.63, 3.8) is 0 Å². The maximum absolute atomic E-state index is 13.9. The molecule has 0 saturated heterocycles. The van der Waals surface area contributed by atoms with Crippen molar-refractivity contribution in [2.75, 3.05) is 0 Å². The fourth-order valence-electron chi connectivity index (χ4n) is 2.35. The van der Waals surface area contributed by atoms with Gasteiger partial charge in [0, 0.05) is 21.4 Å². The summed E-state index contributed by atoms with van der Waals surface area (Å²) in [5.74, 6) is 0. The van der Waals surface area contributed by atoms with Crippen LogP contribution >= 0.6 is 55.4 Å². The summed E-state index contributed by atoms with van der Waals surface area (Å²) in [5.41, 5.74) is -0.838. The molecule has 0 N–H and O–H groups in total. The molecule has 0 heterocycles. The van der Waals surface area contributed by atoms with E-state index in [4.69, 9.17) is 0 Å². The monoisotopic (exact) mass is 884 g/mol. The number of halogens is 17. The van der Waals surface area contributed by atoms with Crippen molar-refractivity contribution < 1.29 is 81.7 Å². The maximum Gasteiger partial charge on any atom is 0.446 e. The van der Waals surface area contributed by atoms with Gasteiger partial charge < -0.3 is 0 Å². The summed E-state index contributed by atoms with van der Waals surface area (Å²) in [7, 11) is -13.7. The van der Waals surface area contributed by atoms with Crippen molar-refractivity contribution in [3.05, 3.63) is 65.7 Å². The Morgan fingerprint density at radius 3 is 1.18 bits per heavy atom. The predicted molar refractivity (Wildman–Crippen MR) is 140 cm³/mol. The van der Waals surface area contributed by atoms with Gasteiger partial charge in [-0.3, -0.25) is 0 Å². The summed E-state index contributed by atoms with van der Waals surface area (Å²) in [5, 5.41) is -22.6. The van der Waals surface area contributed by atoms with Gasteiger partial charge in [0.25, 0.3) is 10.7 Å². The van der Waals surface area contributed by atoms with Crippen LogP contribution in [0.25, 0.3) is 6.08 Å². The second kappa shape index (κ2) is 14.0. The molecule has 0 aliphatic heterocycles. The minimum absolute atomic E-state index is 0.0902. The number of hydrogen-bond acceptors (Lipinski definition) is 6. The van der Waals surface area contributed by atoms with Gasteiger partial charge in [-0.1, -0.05) is 32.0 Å². The molecule has 0 amide bonds. The first-order valence-electron chi connectivity index (χ1n) is 10.3. The zero-order chi connectivity index (χ0) is 35.7. The first-order valence-corrected chi connectivity index (χ1v) is 16.2. The zero-order valence-corrected chi connectivity index (χ0v) is 26.8. The van der Waals surface area contributed by atoms with Crippen LogP contribution in [-0.4, -0.2) is 42.7 Å². The molecule has 45 heavy (non-hydrogen) atoms. The third-order valence-corrected chi connectivity index (χ3v) is 10.6. The third-order valence-electron chi connectivity index (χ3n) is 4.51. The Kier molecular flexibility index (Phi) is 13.0. The molecule has 0 aliphatic rings. The molecule has 0 radical (unpaired) electrons. The number of rotatable bonds is 11. The molecule has 2 rings (SSSR count). The van der Waals surface area contributed by atoms with Gasteiger partial charge in [0.15, 0.2) is 0 Å². The Bertz CT molecular complexity index is 1580. The molecule has 0 spiro atoms. The highest BCUT2D eigenvalue weighted by Crippen LogP contribution is 2.53. The van der Waals surface area contributed by atoms with Crippen molar-refractivity contribution in [2.24, 2.45) is 0 Å². The van der Waals surface area contributed by atoms with Gasteiger partial charge in [0.2, 0.25) is 0 Å². The quantitative estimate of drug-likeness (QED) is 0.0969. The fraction of sp³-hybridized carbons (Fsp3) is 0.300. The molecule has 0 bridgehead atoms. The third kappa shape index (κ3) is 10.1. The van der Waals surface area contributed by atoms with Crippen LogP contribution in [0.4, 0.5) is 64.8 Å². The van der Waals surface area contributed by atoms with Crippen LogP contribution in [0.3, 0.4) is 0 Å². The Hall–Kier alpha value is -1.31. The standard InChI is InChI=1S/C10H4Br2F8O2S2.C10H5F7O2S2/c11-7(13,8(12,14)15)5-1-3-6(4-2-5)23-9(16,17)10(18,19)24(20,21)22;11-8(12)5-6-1-3-7(4-2-6)20-9(13,14)10(15,16)21(17,18)19/h1-4H;1-5H. The summed E-state index contributed by atoms with van der Waals surface area (Å²) < 4.78 is 229. The average molecular weight is 886 g/mol. The number of benzene rings is 2. The van der Waals surface area contributed by atoms with Crippen LogP contribution in [0.15, 0.2) is 64.4 Å². The summed E-state index contributed by atoms with van der Waals surface area (Å²) in [6.07, 6.45) is -1.66. The van der Waals surface area contributed by atoms with Crippen molar-refractivity contribution >= 4 is 81.9 Å². The zero-order valence-electron chi connectivity index (χ0n) is 20.4. The van der Waals surface area contributed by atoms with Crippen LogP contribution in [-0.2, 0) is 25.0 Å². The Morgan fingerprint density at radius 2 is 0.911 bits per heavy atom. The number of hydrogen-bond donors (Lipinski definition) is 0. The molecular formula is C20H9Br2F15O4S4. The Balaban J connectivity index is 0.000000454. The molecule has 256 valence electrons. The number of alkyl halides is 13. The summed E-state index contributed by atoms with van der Waals surface area (Å²) in [6.45, 7) is 0. The second-order valence-corrected chi connectivity index (χ2v) is 15.0. The topological polar surface area (TPSA) is 68.3 Å². The smallest absolute Gasteiger partial charge is 0.218 e. The lowest BCUT2D eigenvalue weighted by Gasteiger charge is -2.25. The molecule has 1 unspecified atom stereocenters. The van der Waals surface area contributed by atoms with Gasteiger partial charge in [0.1, 0.15) is 0 Å². The van der Waals surface area contributed by atoms with Gasteiger partial charge >= 0.3 is 46.3 Å². The molecule has 0 aromatic heterocycles. The second-order valence-electron chi connectivity index (χ2n) is 7.75. The van der Waals surface area contributed by atoms with Gasteiger partial charge in [-0.25, -0.2) is 4.39 Å². The molecule has 2 aromatic rings. The van der Waals surface area contributed by atoms with Crippen molar-refractivity contribution in [1.82, 2.24) is 0 Å². The first-order chi connectivity index (χ1) is 19.8. The summed E-state index contributed by atoms with van der Waals surface area (Å²) in [4.78, 5) is -5.39. The van der Waals surface area contributed by atoms with E-state index in [1.54, 1.807) is 15.9 Å².